The van der Waals surface area contributed by atoms with Gasteiger partial charge in [0.1, 0.15) is 5.03 Å². The molecule has 0 saturated carbocycles. The van der Waals surface area contributed by atoms with E-state index in [1.165, 1.54) is 22.9 Å². The van der Waals surface area contributed by atoms with Crippen LogP contribution in [0.1, 0.15) is 27.6 Å². The molecule has 5 nitrogen and oxygen atoms in total. The van der Waals surface area contributed by atoms with E-state index in [1.54, 1.807) is 18.3 Å². The molecule has 1 aliphatic heterocycles. The van der Waals surface area contributed by atoms with E-state index in [9.17, 15) is 4.79 Å². The van der Waals surface area contributed by atoms with Crippen molar-refractivity contribution in [2.24, 2.45) is 5.73 Å². The third-order valence-electron chi connectivity index (χ3n) is 3.66. The molecule has 6 heteroatoms. The van der Waals surface area contributed by atoms with E-state index in [0.717, 1.165) is 25.4 Å². The quantitative estimate of drug-likeness (QED) is 0.822. The molecule has 2 aromatic rings. The number of hydrogen-bond acceptors (Lipinski definition) is 5. The Labute approximate surface area is 139 Å². The molecule has 0 radical (unpaired) electrons. The summed E-state index contributed by atoms with van der Waals surface area (Å²) < 4.78 is 5.79. The Kier molecular flexibility index (Phi) is 5.27. The summed E-state index contributed by atoms with van der Waals surface area (Å²) in [6.07, 6.45) is 1.77. The van der Waals surface area contributed by atoms with Crippen LogP contribution in [0.25, 0.3) is 0 Å². The topological polar surface area (TPSA) is 77.2 Å². The van der Waals surface area contributed by atoms with Gasteiger partial charge in [0.2, 0.25) is 0 Å². The first-order chi connectivity index (χ1) is 11.2. The summed E-state index contributed by atoms with van der Waals surface area (Å²) in [4.78, 5) is 15.7. The molecular weight excluding hydrogens is 310 g/mol. The molecule has 23 heavy (non-hydrogen) atoms. The maximum absolute atomic E-state index is 11.4. The van der Waals surface area contributed by atoms with E-state index in [2.05, 4.69) is 28.5 Å². The molecule has 2 heterocycles. The van der Waals surface area contributed by atoms with Crippen molar-refractivity contribution in [3.8, 4) is 0 Å². The Bertz CT molecular complexity index is 687. The van der Waals surface area contributed by atoms with Crippen molar-refractivity contribution in [2.75, 3.05) is 19.7 Å². The lowest BCUT2D eigenvalue weighted by Gasteiger charge is -2.24. The Balaban J connectivity index is 1.70. The third-order valence-corrected chi connectivity index (χ3v) is 4.74. The van der Waals surface area contributed by atoms with Crippen molar-refractivity contribution in [2.45, 2.75) is 16.9 Å². The third kappa shape index (κ3) is 4.10. The second-order valence-electron chi connectivity index (χ2n) is 5.32. The summed E-state index contributed by atoms with van der Waals surface area (Å²) in [7, 11) is 0. The second kappa shape index (κ2) is 7.59. The Hall–Kier alpha value is -1.89. The maximum atomic E-state index is 11.4. The van der Waals surface area contributed by atoms with Gasteiger partial charge in [0.25, 0.3) is 5.91 Å². The maximum Gasteiger partial charge on any atom is 0.251 e. The minimum absolute atomic E-state index is 0.102. The summed E-state index contributed by atoms with van der Waals surface area (Å²) in [5, 5.41) is 4.01. The normalized spacial score (nSPS) is 17.8. The van der Waals surface area contributed by atoms with Crippen molar-refractivity contribution >= 4 is 17.7 Å². The number of rotatable bonds is 5. The lowest BCUT2D eigenvalue weighted by molar-refractivity contribution is 0.0277. The predicted octanol–water partition coefficient (Wildman–Crippen LogP) is 2.13. The van der Waals surface area contributed by atoms with Gasteiger partial charge in [-0.1, -0.05) is 24.3 Å². The summed E-state index contributed by atoms with van der Waals surface area (Å²) in [5.41, 5.74) is 8.20. The van der Waals surface area contributed by atoms with Gasteiger partial charge in [-0.3, -0.25) is 4.79 Å². The molecule has 1 fully saturated rings. The Morgan fingerprint density at radius 1 is 1.39 bits per heavy atom. The molecule has 0 bridgehead atoms. The number of pyridine rings is 1. The standard InChI is InChI=1S/C17H19N3O2S/c18-16(21)14-5-2-6-20-17(14)23-11-12-3-1-4-13(9-12)15-10-19-7-8-22-15/h1-6,9,15,19H,7-8,10-11H2,(H2,18,21)/t15-/m1/s1. The highest BCUT2D eigenvalue weighted by atomic mass is 32.2. The van der Waals surface area contributed by atoms with Crippen molar-refractivity contribution in [1.82, 2.24) is 10.3 Å². The molecular formula is C17H19N3O2S. The first-order valence-corrected chi connectivity index (χ1v) is 8.51. The van der Waals surface area contributed by atoms with Crippen molar-refractivity contribution in [1.29, 1.82) is 0 Å². The number of benzene rings is 1. The molecule has 1 saturated heterocycles. The van der Waals surface area contributed by atoms with E-state index >= 15 is 0 Å². The van der Waals surface area contributed by atoms with Crippen LogP contribution in [0.3, 0.4) is 0 Å². The number of carbonyl (C=O) groups is 1. The highest BCUT2D eigenvalue weighted by Crippen LogP contribution is 2.26. The highest BCUT2D eigenvalue weighted by Gasteiger charge is 2.16. The minimum atomic E-state index is -0.448. The monoisotopic (exact) mass is 329 g/mol. The first kappa shape index (κ1) is 16.0. The van der Waals surface area contributed by atoms with Gasteiger partial charge in [-0.15, -0.1) is 11.8 Å². The number of nitrogens with two attached hydrogens (primary N) is 1. The number of morpholine rings is 1. The minimum Gasteiger partial charge on any atom is -0.371 e. The van der Waals surface area contributed by atoms with Crippen LogP contribution in [-0.2, 0) is 10.5 Å². The van der Waals surface area contributed by atoms with Crippen LogP contribution in [0, 0.1) is 0 Å². The molecule has 1 aliphatic rings. The fraction of sp³-hybridized carbons (Fsp3) is 0.294. The fourth-order valence-electron chi connectivity index (χ4n) is 2.51. The first-order valence-electron chi connectivity index (χ1n) is 7.53. The molecule has 1 amide bonds. The number of thioether (sulfide) groups is 1. The smallest absolute Gasteiger partial charge is 0.251 e. The van der Waals surface area contributed by atoms with Crippen LogP contribution < -0.4 is 11.1 Å². The molecule has 1 aromatic heterocycles. The lowest BCUT2D eigenvalue weighted by atomic mass is 10.1. The molecule has 1 aromatic carbocycles. The van der Waals surface area contributed by atoms with Gasteiger partial charge in [0.05, 0.1) is 18.3 Å². The SMILES string of the molecule is NC(=O)c1cccnc1SCc1cccc([C@H]2CNCCO2)c1. The zero-order chi connectivity index (χ0) is 16.1. The van der Waals surface area contributed by atoms with E-state index in [4.69, 9.17) is 10.5 Å². The van der Waals surface area contributed by atoms with Crippen molar-refractivity contribution in [3.63, 3.8) is 0 Å². The number of ether oxygens (including phenoxy) is 1. The molecule has 0 spiro atoms. The summed E-state index contributed by atoms with van der Waals surface area (Å²) in [6, 6.07) is 11.8. The van der Waals surface area contributed by atoms with Gasteiger partial charge in [0.15, 0.2) is 0 Å². The summed E-state index contributed by atoms with van der Waals surface area (Å²) in [5.74, 6) is 0.279. The van der Waals surface area contributed by atoms with Gasteiger partial charge in [-0.2, -0.15) is 0 Å². The van der Waals surface area contributed by atoms with E-state index < -0.39 is 5.91 Å². The number of carbonyl (C=O) groups excluding carboxylic acids is 1. The predicted molar refractivity (Wildman–Crippen MR) is 90.3 cm³/mol. The van der Waals surface area contributed by atoms with Crippen LogP contribution in [0.5, 0.6) is 0 Å². The molecule has 0 aliphatic carbocycles. The summed E-state index contributed by atoms with van der Waals surface area (Å²) >= 11 is 1.52. The number of primary amides is 1. The molecule has 3 N–H and O–H groups in total. The molecule has 1 atom stereocenters. The van der Waals surface area contributed by atoms with Gasteiger partial charge >= 0.3 is 0 Å². The van der Waals surface area contributed by atoms with Gasteiger partial charge in [0, 0.05) is 25.0 Å². The molecule has 0 unspecified atom stereocenters. The van der Waals surface area contributed by atoms with Crippen LogP contribution in [0.15, 0.2) is 47.6 Å². The van der Waals surface area contributed by atoms with Gasteiger partial charge in [-0.05, 0) is 23.3 Å². The van der Waals surface area contributed by atoms with Crippen molar-refractivity contribution in [3.05, 3.63) is 59.3 Å². The van der Waals surface area contributed by atoms with Gasteiger partial charge < -0.3 is 15.8 Å². The number of amides is 1. The highest BCUT2D eigenvalue weighted by molar-refractivity contribution is 7.98. The van der Waals surface area contributed by atoms with Gasteiger partial charge in [-0.25, -0.2) is 4.98 Å². The zero-order valence-electron chi connectivity index (χ0n) is 12.7. The zero-order valence-corrected chi connectivity index (χ0v) is 13.5. The Morgan fingerprint density at radius 3 is 3.09 bits per heavy atom. The van der Waals surface area contributed by atoms with Crippen LogP contribution in [0.4, 0.5) is 0 Å². The fourth-order valence-corrected chi connectivity index (χ4v) is 3.45. The average Bonchev–Trinajstić information content (AvgIpc) is 2.61. The van der Waals surface area contributed by atoms with Crippen LogP contribution in [0.2, 0.25) is 0 Å². The van der Waals surface area contributed by atoms with E-state index in [-0.39, 0.29) is 6.10 Å². The Morgan fingerprint density at radius 2 is 2.30 bits per heavy atom. The van der Waals surface area contributed by atoms with Crippen LogP contribution in [-0.4, -0.2) is 30.6 Å². The average molecular weight is 329 g/mol. The van der Waals surface area contributed by atoms with Crippen LogP contribution >= 0.6 is 11.8 Å². The van der Waals surface area contributed by atoms with E-state index in [1.807, 2.05) is 6.07 Å². The summed E-state index contributed by atoms with van der Waals surface area (Å²) in [6.45, 7) is 2.48. The number of nitrogens with one attached hydrogen (secondary N) is 1. The lowest BCUT2D eigenvalue weighted by Crippen LogP contribution is -2.33. The molecule has 3 rings (SSSR count). The van der Waals surface area contributed by atoms with Crippen molar-refractivity contribution < 1.29 is 9.53 Å². The second-order valence-corrected chi connectivity index (χ2v) is 6.28. The van der Waals surface area contributed by atoms with E-state index in [0.29, 0.717) is 10.6 Å². The molecule has 120 valence electrons. The largest absolute Gasteiger partial charge is 0.371 e. The number of nitrogens with zero attached hydrogens (tertiary/aromatic N) is 1. The number of aromatic nitrogens is 1. The number of hydrogen-bond donors (Lipinski definition) is 2.